The lowest BCUT2D eigenvalue weighted by atomic mass is 10.2. The van der Waals surface area contributed by atoms with Crippen molar-refractivity contribution in [1.29, 1.82) is 0 Å². The van der Waals surface area contributed by atoms with Crippen molar-refractivity contribution in [3.05, 3.63) is 0 Å². The van der Waals surface area contributed by atoms with E-state index in [9.17, 15) is 4.39 Å². The van der Waals surface area contributed by atoms with Crippen LogP contribution in [0.25, 0.3) is 0 Å². The van der Waals surface area contributed by atoms with Crippen molar-refractivity contribution >= 4 is 0 Å². The van der Waals surface area contributed by atoms with Gasteiger partial charge in [-0.2, -0.15) is 0 Å². The number of hydrogen-bond donors (Lipinski definition) is 2. The fourth-order valence-electron chi connectivity index (χ4n) is 0.806. The molecule has 0 aromatic carbocycles. The minimum atomic E-state index is -1.33. The van der Waals surface area contributed by atoms with E-state index in [1.54, 1.807) is 0 Å². The van der Waals surface area contributed by atoms with Crippen LogP contribution in [0.4, 0.5) is 4.39 Å². The van der Waals surface area contributed by atoms with Crippen molar-refractivity contribution in [2.24, 2.45) is 0 Å². The second-order valence-corrected chi connectivity index (χ2v) is 2.06. The Morgan fingerprint density at radius 1 is 1.67 bits per heavy atom. The minimum absolute atomic E-state index is 0.105. The van der Waals surface area contributed by atoms with E-state index in [4.69, 9.17) is 10.2 Å². The normalized spacial score (nSPS) is 43.7. The lowest BCUT2D eigenvalue weighted by Gasteiger charge is -2.09. The summed E-state index contributed by atoms with van der Waals surface area (Å²) in [5.74, 6) is 0. The van der Waals surface area contributed by atoms with Crippen molar-refractivity contribution in [2.45, 2.75) is 18.4 Å². The molecule has 1 saturated heterocycles. The number of aliphatic hydroxyl groups is 2. The van der Waals surface area contributed by atoms with E-state index in [1.807, 2.05) is 0 Å². The molecule has 0 aromatic heterocycles. The number of aliphatic hydroxyl groups excluding tert-OH is 2. The number of hydrogen-bond acceptors (Lipinski definition) is 3. The zero-order valence-corrected chi connectivity index (χ0v) is 4.83. The third-order valence-electron chi connectivity index (χ3n) is 1.40. The molecule has 0 bridgehead atoms. The third kappa shape index (κ3) is 1.20. The van der Waals surface area contributed by atoms with Crippen molar-refractivity contribution in [1.82, 2.24) is 0 Å². The number of ether oxygens (including phenoxy) is 1. The average molecular weight is 136 g/mol. The largest absolute Gasteiger partial charge is 0.394 e. The van der Waals surface area contributed by atoms with Crippen LogP contribution in [0.3, 0.4) is 0 Å². The van der Waals surface area contributed by atoms with Crippen LogP contribution in [0.2, 0.25) is 0 Å². The van der Waals surface area contributed by atoms with Gasteiger partial charge in [-0.05, 0) is 0 Å². The molecule has 9 heavy (non-hydrogen) atoms. The maximum absolute atomic E-state index is 12.3. The van der Waals surface area contributed by atoms with Crippen LogP contribution < -0.4 is 0 Å². The topological polar surface area (TPSA) is 49.7 Å². The van der Waals surface area contributed by atoms with E-state index in [-0.39, 0.29) is 13.2 Å². The van der Waals surface area contributed by atoms with E-state index in [1.165, 1.54) is 0 Å². The summed E-state index contributed by atoms with van der Waals surface area (Å²) in [6.45, 7) is -0.423. The van der Waals surface area contributed by atoms with Crippen LogP contribution in [0.1, 0.15) is 0 Å². The first-order valence-electron chi connectivity index (χ1n) is 2.80. The lowest BCUT2D eigenvalue weighted by Crippen LogP contribution is -2.29. The number of rotatable bonds is 1. The molecular formula is C5H9FO3. The number of alkyl halides is 1. The summed E-state index contributed by atoms with van der Waals surface area (Å²) in [6, 6.07) is 0. The highest BCUT2D eigenvalue weighted by molar-refractivity contribution is 4.82. The summed E-state index contributed by atoms with van der Waals surface area (Å²) in [5, 5.41) is 17.2. The minimum Gasteiger partial charge on any atom is -0.394 e. The van der Waals surface area contributed by atoms with Gasteiger partial charge in [0.1, 0.15) is 12.2 Å². The summed E-state index contributed by atoms with van der Waals surface area (Å²) in [5.41, 5.74) is 0. The van der Waals surface area contributed by atoms with E-state index in [0.717, 1.165) is 0 Å². The molecule has 3 unspecified atom stereocenters. The number of halogens is 1. The Morgan fingerprint density at radius 3 is 2.56 bits per heavy atom. The Kier molecular flexibility index (Phi) is 2.00. The Labute approximate surface area is 52.1 Å². The van der Waals surface area contributed by atoms with Gasteiger partial charge in [-0.25, -0.2) is 4.39 Å². The zero-order valence-electron chi connectivity index (χ0n) is 4.83. The van der Waals surface area contributed by atoms with Crippen LogP contribution in [0.15, 0.2) is 0 Å². The Bertz CT molecular complexity index is 98.2. The first kappa shape index (κ1) is 6.92. The molecule has 54 valence electrons. The maximum atomic E-state index is 12.3. The molecule has 0 aromatic rings. The molecular weight excluding hydrogens is 127 g/mol. The molecule has 1 heterocycles. The van der Waals surface area contributed by atoms with Crippen LogP contribution in [-0.2, 0) is 4.74 Å². The molecule has 0 amide bonds. The molecule has 1 aliphatic rings. The predicted octanol–water partition coefficient (Wildman–Crippen LogP) is -0.923. The zero-order chi connectivity index (χ0) is 6.85. The quantitative estimate of drug-likeness (QED) is 0.490. The average Bonchev–Trinajstić information content (AvgIpc) is 2.15. The van der Waals surface area contributed by atoms with E-state index < -0.39 is 18.4 Å². The molecule has 0 radical (unpaired) electrons. The molecule has 1 rings (SSSR count). The Hall–Kier alpha value is -0.190. The SMILES string of the molecule is OCC1OCC(F)C1O. The molecule has 0 aliphatic carbocycles. The monoisotopic (exact) mass is 136 g/mol. The van der Waals surface area contributed by atoms with Gasteiger partial charge in [0.15, 0.2) is 6.17 Å². The van der Waals surface area contributed by atoms with Gasteiger partial charge in [0.05, 0.1) is 13.2 Å². The summed E-state index contributed by atoms with van der Waals surface area (Å²) in [7, 11) is 0. The van der Waals surface area contributed by atoms with Crippen molar-refractivity contribution in [2.75, 3.05) is 13.2 Å². The molecule has 2 N–H and O–H groups in total. The van der Waals surface area contributed by atoms with Gasteiger partial charge in [0.25, 0.3) is 0 Å². The maximum Gasteiger partial charge on any atom is 0.152 e. The summed E-state index contributed by atoms with van der Waals surface area (Å²) in [4.78, 5) is 0. The summed E-state index contributed by atoms with van der Waals surface area (Å²) < 4.78 is 16.9. The summed E-state index contributed by atoms with van der Waals surface area (Å²) in [6.07, 6.45) is -3.20. The fraction of sp³-hybridized carbons (Fsp3) is 1.00. The predicted molar refractivity (Wildman–Crippen MR) is 27.7 cm³/mol. The van der Waals surface area contributed by atoms with E-state index >= 15 is 0 Å². The smallest absolute Gasteiger partial charge is 0.152 e. The van der Waals surface area contributed by atoms with Gasteiger partial charge >= 0.3 is 0 Å². The van der Waals surface area contributed by atoms with Crippen LogP contribution >= 0.6 is 0 Å². The van der Waals surface area contributed by atoms with Gasteiger partial charge in [-0.3, -0.25) is 0 Å². The third-order valence-corrected chi connectivity index (χ3v) is 1.40. The lowest BCUT2D eigenvalue weighted by molar-refractivity contribution is 0.000304. The van der Waals surface area contributed by atoms with Gasteiger partial charge in [0.2, 0.25) is 0 Å². The molecule has 3 nitrogen and oxygen atoms in total. The van der Waals surface area contributed by atoms with Gasteiger partial charge in [0, 0.05) is 0 Å². The van der Waals surface area contributed by atoms with Gasteiger partial charge < -0.3 is 14.9 Å². The highest BCUT2D eigenvalue weighted by atomic mass is 19.1. The van der Waals surface area contributed by atoms with Crippen molar-refractivity contribution in [3.8, 4) is 0 Å². The second kappa shape index (κ2) is 2.60. The molecule has 3 atom stereocenters. The molecule has 1 aliphatic heterocycles. The molecule has 0 saturated carbocycles. The molecule has 4 heteroatoms. The standard InChI is InChI=1S/C5H9FO3/c6-3-2-9-4(1-7)5(3)8/h3-5,7-8H,1-2H2. The van der Waals surface area contributed by atoms with Gasteiger partial charge in [-0.1, -0.05) is 0 Å². The van der Waals surface area contributed by atoms with Crippen molar-refractivity contribution in [3.63, 3.8) is 0 Å². The van der Waals surface area contributed by atoms with E-state index in [2.05, 4.69) is 4.74 Å². The molecule has 1 fully saturated rings. The first-order chi connectivity index (χ1) is 4.25. The summed E-state index contributed by atoms with van der Waals surface area (Å²) >= 11 is 0. The first-order valence-corrected chi connectivity index (χ1v) is 2.80. The van der Waals surface area contributed by atoms with Crippen LogP contribution in [-0.4, -0.2) is 41.8 Å². The van der Waals surface area contributed by atoms with Crippen LogP contribution in [0.5, 0.6) is 0 Å². The van der Waals surface area contributed by atoms with Crippen molar-refractivity contribution < 1.29 is 19.3 Å². The van der Waals surface area contributed by atoms with Crippen LogP contribution in [0, 0.1) is 0 Å². The van der Waals surface area contributed by atoms with E-state index in [0.29, 0.717) is 0 Å². The Balaban J connectivity index is 2.41. The Morgan fingerprint density at radius 2 is 2.33 bits per heavy atom. The highest BCUT2D eigenvalue weighted by Crippen LogP contribution is 2.15. The second-order valence-electron chi connectivity index (χ2n) is 2.06. The molecule has 0 spiro atoms. The highest BCUT2D eigenvalue weighted by Gasteiger charge is 2.35. The fourth-order valence-corrected chi connectivity index (χ4v) is 0.806. The van der Waals surface area contributed by atoms with Gasteiger partial charge in [-0.15, -0.1) is 0 Å².